The third-order valence-corrected chi connectivity index (χ3v) is 1.97. The van der Waals surface area contributed by atoms with Gasteiger partial charge < -0.3 is 9.47 Å². The van der Waals surface area contributed by atoms with Crippen LogP contribution in [-0.2, 0) is 16.1 Å². The van der Waals surface area contributed by atoms with Crippen LogP contribution in [0.2, 0.25) is 0 Å². The second kappa shape index (κ2) is 4.10. The molecule has 1 heterocycles. The molecule has 0 atom stereocenters. The van der Waals surface area contributed by atoms with Crippen LogP contribution in [0.5, 0.6) is 5.06 Å². The van der Waals surface area contributed by atoms with E-state index >= 15 is 0 Å². The third kappa shape index (κ3) is 2.32. The fourth-order valence-electron chi connectivity index (χ4n) is 0.705. The summed E-state index contributed by atoms with van der Waals surface area (Å²) >= 11 is 1.38. The van der Waals surface area contributed by atoms with Crippen LogP contribution in [0, 0.1) is 0 Å². The number of carbonyl (C=O) groups is 1. The number of methoxy groups -OCH3 is 1. The minimum Gasteiger partial charge on any atom is -0.418 e. The smallest absolute Gasteiger partial charge is 0.299 e. The zero-order chi connectivity index (χ0) is 8.10. The van der Waals surface area contributed by atoms with Gasteiger partial charge in [0.25, 0.3) is 6.47 Å². The van der Waals surface area contributed by atoms with Crippen LogP contribution in [0.3, 0.4) is 0 Å². The van der Waals surface area contributed by atoms with Crippen LogP contribution in [0.25, 0.3) is 0 Å². The van der Waals surface area contributed by atoms with Gasteiger partial charge in [-0.25, -0.2) is 0 Å². The molecule has 0 saturated carbocycles. The first-order chi connectivity index (χ1) is 5.36. The molecule has 11 heavy (non-hydrogen) atoms. The van der Waals surface area contributed by atoms with Crippen molar-refractivity contribution < 1.29 is 14.3 Å². The van der Waals surface area contributed by atoms with E-state index < -0.39 is 0 Å². The van der Waals surface area contributed by atoms with Crippen molar-refractivity contribution in [3.05, 3.63) is 17.0 Å². The molecule has 0 bridgehead atoms. The summed E-state index contributed by atoms with van der Waals surface area (Å²) in [6, 6.07) is 1.78. The van der Waals surface area contributed by atoms with E-state index in [4.69, 9.17) is 4.74 Å². The molecule has 1 rings (SSSR count). The lowest BCUT2D eigenvalue weighted by molar-refractivity contribution is -0.120. The highest BCUT2D eigenvalue weighted by molar-refractivity contribution is 7.12. The van der Waals surface area contributed by atoms with Crippen molar-refractivity contribution in [3.8, 4) is 5.06 Å². The Labute approximate surface area is 68.6 Å². The van der Waals surface area contributed by atoms with Gasteiger partial charge in [0.05, 0.1) is 6.61 Å². The quantitative estimate of drug-likeness (QED) is 0.644. The zero-order valence-electron chi connectivity index (χ0n) is 6.07. The van der Waals surface area contributed by atoms with Crippen molar-refractivity contribution in [3.63, 3.8) is 0 Å². The molecule has 1 aromatic heterocycles. The fraction of sp³-hybridized carbons (Fsp3) is 0.286. The van der Waals surface area contributed by atoms with E-state index in [-0.39, 0.29) is 0 Å². The maximum absolute atomic E-state index is 9.89. The van der Waals surface area contributed by atoms with Crippen LogP contribution in [0.4, 0.5) is 0 Å². The number of hydrogen-bond donors (Lipinski definition) is 0. The molecule has 0 N–H and O–H groups in total. The molecule has 0 aromatic carbocycles. The summed E-state index contributed by atoms with van der Waals surface area (Å²) in [4.78, 5) is 9.89. The summed E-state index contributed by atoms with van der Waals surface area (Å²) in [5, 5.41) is 2.49. The molecule has 0 fully saturated rings. The second-order valence-corrected chi connectivity index (χ2v) is 2.79. The van der Waals surface area contributed by atoms with Crippen LogP contribution >= 0.6 is 11.3 Å². The van der Waals surface area contributed by atoms with Crippen molar-refractivity contribution >= 4 is 17.8 Å². The summed E-state index contributed by atoms with van der Waals surface area (Å²) in [5.41, 5.74) is 1.02. The first kappa shape index (κ1) is 8.23. The largest absolute Gasteiger partial charge is 0.418 e. The monoisotopic (exact) mass is 172 g/mol. The predicted molar refractivity (Wildman–Crippen MR) is 41.7 cm³/mol. The number of rotatable bonds is 4. The molecule has 0 saturated heterocycles. The molecular weight excluding hydrogens is 164 g/mol. The van der Waals surface area contributed by atoms with Gasteiger partial charge in [0, 0.05) is 12.5 Å². The molecule has 3 nitrogen and oxygen atoms in total. The number of hydrogen-bond acceptors (Lipinski definition) is 4. The van der Waals surface area contributed by atoms with Crippen molar-refractivity contribution in [2.45, 2.75) is 6.61 Å². The Morgan fingerprint density at radius 2 is 2.55 bits per heavy atom. The molecule has 0 radical (unpaired) electrons. The molecule has 60 valence electrons. The van der Waals surface area contributed by atoms with Crippen molar-refractivity contribution in [1.82, 2.24) is 0 Å². The van der Waals surface area contributed by atoms with Gasteiger partial charge in [0.2, 0.25) is 0 Å². The Kier molecular flexibility index (Phi) is 3.07. The lowest BCUT2D eigenvalue weighted by Crippen LogP contribution is -1.85. The Balaban J connectivity index is 2.57. The van der Waals surface area contributed by atoms with E-state index in [2.05, 4.69) is 4.74 Å². The first-order valence-corrected chi connectivity index (χ1v) is 3.91. The zero-order valence-corrected chi connectivity index (χ0v) is 6.89. The van der Waals surface area contributed by atoms with Gasteiger partial charge in [0.15, 0.2) is 5.06 Å². The van der Waals surface area contributed by atoms with E-state index in [1.165, 1.54) is 11.3 Å². The lowest BCUT2D eigenvalue weighted by Gasteiger charge is -1.90. The van der Waals surface area contributed by atoms with E-state index in [0.717, 1.165) is 5.56 Å². The predicted octanol–water partition coefficient (Wildman–Crippen LogP) is 1.43. The van der Waals surface area contributed by atoms with Gasteiger partial charge in [-0.1, -0.05) is 0 Å². The molecule has 0 spiro atoms. The van der Waals surface area contributed by atoms with Crippen LogP contribution in [0.15, 0.2) is 11.4 Å². The maximum atomic E-state index is 9.89. The summed E-state index contributed by atoms with van der Waals surface area (Å²) in [5.74, 6) is 0. The normalized spacial score (nSPS) is 9.55. The van der Waals surface area contributed by atoms with Crippen LogP contribution < -0.4 is 4.74 Å². The molecule has 0 aliphatic heterocycles. The Hall–Kier alpha value is -0.870. The van der Waals surface area contributed by atoms with Crippen molar-refractivity contribution in [1.29, 1.82) is 0 Å². The van der Waals surface area contributed by atoms with E-state index in [1.807, 2.05) is 5.38 Å². The van der Waals surface area contributed by atoms with Gasteiger partial charge in [-0.2, -0.15) is 0 Å². The van der Waals surface area contributed by atoms with E-state index in [9.17, 15) is 4.79 Å². The highest BCUT2D eigenvalue weighted by atomic mass is 32.1. The molecule has 0 aliphatic rings. The molecule has 4 heteroatoms. The highest BCUT2D eigenvalue weighted by Crippen LogP contribution is 2.22. The number of carbonyl (C=O) groups excluding carboxylic acids is 1. The van der Waals surface area contributed by atoms with Gasteiger partial charge in [0.1, 0.15) is 0 Å². The van der Waals surface area contributed by atoms with E-state index in [0.29, 0.717) is 18.1 Å². The van der Waals surface area contributed by atoms with Gasteiger partial charge >= 0.3 is 0 Å². The minimum absolute atomic E-state index is 0.419. The van der Waals surface area contributed by atoms with Crippen LogP contribution in [-0.4, -0.2) is 13.6 Å². The average molecular weight is 172 g/mol. The maximum Gasteiger partial charge on any atom is 0.299 e. The van der Waals surface area contributed by atoms with Crippen LogP contribution in [0.1, 0.15) is 5.56 Å². The number of ether oxygens (including phenoxy) is 2. The standard InChI is InChI=1S/C7H8O3S/c1-9-3-6-2-7(10-5-8)11-4-6/h2,4-5H,3H2,1H3. The summed E-state index contributed by atoms with van der Waals surface area (Å²) in [7, 11) is 1.62. The molecule has 0 amide bonds. The summed E-state index contributed by atoms with van der Waals surface area (Å²) in [6.07, 6.45) is 0. The average Bonchev–Trinajstić information content (AvgIpc) is 2.38. The molecule has 1 aromatic rings. The van der Waals surface area contributed by atoms with Gasteiger partial charge in [-0.15, -0.1) is 11.3 Å². The topological polar surface area (TPSA) is 35.5 Å². The Morgan fingerprint density at radius 1 is 1.73 bits per heavy atom. The second-order valence-electron chi connectivity index (χ2n) is 1.92. The van der Waals surface area contributed by atoms with Gasteiger partial charge in [-0.05, 0) is 11.6 Å². The van der Waals surface area contributed by atoms with Crippen molar-refractivity contribution in [2.75, 3.05) is 7.11 Å². The third-order valence-electron chi connectivity index (χ3n) is 1.10. The summed E-state index contributed by atoms with van der Waals surface area (Å²) < 4.78 is 9.50. The Bertz CT molecular complexity index is 231. The molecule has 0 unspecified atom stereocenters. The minimum atomic E-state index is 0.419. The number of thiophene rings is 1. The lowest BCUT2D eigenvalue weighted by atomic mass is 10.4. The summed E-state index contributed by atoms with van der Waals surface area (Å²) in [6.45, 7) is 0.973. The Morgan fingerprint density at radius 3 is 3.18 bits per heavy atom. The SMILES string of the molecule is COCc1csc(OC=O)c1. The van der Waals surface area contributed by atoms with Gasteiger partial charge in [-0.3, -0.25) is 4.79 Å². The molecular formula is C7H8O3S. The first-order valence-electron chi connectivity index (χ1n) is 3.03. The van der Waals surface area contributed by atoms with E-state index in [1.54, 1.807) is 13.2 Å². The highest BCUT2D eigenvalue weighted by Gasteiger charge is 1.98. The molecule has 0 aliphatic carbocycles. The fourth-order valence-corrected chi connectivity index (χ4v) is 1.42. The van der Waals surface area contributed by atoms with Crippen molar-refractivity contribution in [2.24, 2.45) is 0 Å².